The molecule has 1 rings (SSSR count). The number of alkyl halides is 3. The van der Waals surface area contributed by atoms with Crippen LogP contribution in [-0.2, 0) is 11.1 Å². The number of hydrogen-bond acceptors (Lipinski definition) is 2. The highest BCUT2D eigenvalue weighted by Crippen LogP contribution is 2.30. The van der Waals surface area contributed by atoms with Crippen LogP contribution in [0.4, 0.5) is 13.2 Å². The van der Waals surface area contributed by atoms with E-state index in [0.29, 0.717) is 0 Å². The predicted octanol–water partition coefficient (Wildman–Crippen LogP) is 2.82. The number of ether oxygens (including phenoxy) is 1. The van der Waals surface area contributed by atoms with Crippen LogP contribution in [0.15, 0.2) is 23.1 Å². The van der Waals surface area contributed by atoms with Gasteiger partial charge in [0.2, 0.25) is 0 Å². The third-order valence-corrected chi connectivity index (χ3v) is 2.25. The maximum atomic E-state index is 11.8. The van der Waals surface area contributed by atoms with Crippen LogP contribution in [0.25, 0.3) is 0 Å². The number of hydrogen-bond donors (Lipinski definition) is 1. The lowest BCUT2D eigenvalue weighted by atomic mass is 10.3. The summed E-state index contributed by atoms with van der Waals surface area (Å²) in [7, 11) is 0. The molecule has 0 aromatic heterocycles. The molecule has 1 aromatic carbocycles. The fourth-order valence-electron chi connectivity index (χ4n) is 0.827. The van der Waals surface area contributed by atoms with E-state index in [2.05, 4.69) is 4.74 Å². The summed E-state index contributed by atoms with van der Waals surface area (Å²) >= 11 is 2.85. The molecule has 84 valence electrons. The Bertz CT molecular complexity index is 394. The summed E-state index contributed by atoms with van der Waals surface area (Å²) in [6.45, 7) is 0. The van der Waals surface area contributed by atoms with E-state index in [9.17, 15) is 17.4 Å². The SMILES string of the molecule is O=S(O)c1cc(Cl)ccc1OC(F)(F)F. The normalized spacial score (nSPS) is 13.7. The monoisotopic (exact) mass is 260 g/mol. The summed E-state index contributed by atoms with van der Waals surface area (Å²) in [6.07, 6.45) is -4.91. The second kappa shape index (κ2) is 4.38. The van der Waals surface area contributed by atoms with E-state index >= 15 is 0 Å². The van der Waals surface area contributed by atoms with Crippen LogP contribution in [-0.4, -0.2) is 15.1 Å². The lowest BCUT2D eigenvalue weighted by Gasteiger charge is -2.11. The van der Waals surface area contributed by atoms with Crippen molar-refractivity contribution in [2.45, 2.75) is 11.3 Å². The first-order chi connectivity index (χ1) is 6.79. The highest BCUT2D eigenvalue weighted by Gasteiger charge is 2.32. The van der Waals surface area contributed by atoms with E-state index < -0.39 is 28.1 Å². The van der Waals surface area contributed by atoms with Gasteiger partial charge in [0, 0.05) is 5.02 Å². The van der Waals surface area contributed by atoms with Crippen LogP contribution in [0, 0.1) is 0 Å². The van der Waals surface area contributed by atoms with Gasteiger partial charge in [-0.3, -0.25) is 0 Å². The lowest BCUT2D eigenvalue weighted by Crippen LogP contribution is -2.18. The number of halogens is 4. The van der Waals surface area contributed by atoms with E-state index in [4.69, 9.17) is 16.2 Å². The molecule has 8 heteroatoms. The van der Waals surface area contributed by atoms with Crippen molar-refractivity contribution in [1.29, 1.82) is 0 Å². The topological polar surface area (TPSA) is 46.5 Å². The highest BCUT2D eigenvalue weighted by atomic mass is 35.5. The molecule has 3 nitrogen and oxygen atoms in total. The Balaban J connectivity index is 3.12. The molecule has 1 unspecified atom stereocenters. The zero-order chi connectivity index (χ0) is 11.6. The smallest absolute Gasteiger partial charge is 0.404 e. The maximum absolute atomic E-state index is 11.8. The van der Waals surface area contributed by atoms with E-state index in [1.807, 2.05) is 0 Å². The van der Waals surface area contributed by atoms with Crippen LogP contribution >= 0.6 is 11.6 Å². The summed E-state index contributed by atoms with van der Waals surface area (Å²) in [5.74, 6) is -0.743. The standard InChI is InChI=1S/C7H4ClF3O3S/c8-4-1-2-5(14-7(9,10)11)6(3-4)15(12)13/h1-3H,(H,12,13). The molecule has 1 N–H and O–H groups in total. The van der Waals surface area contributed by atoms with Crippen LogP contribution in [0.3, 0.4) is 0 Å². The van der Waals surface area contributed by atoms with Gasteiger partial charge >= 0.3 is 6.36 Å². The second-order valence-electron chi connectivity index (χ2n) is 2.39. The van der Waals surface area contributed by atoms with Gasteiger partial charge in [-0.1, -0.05) is 11.6 Å². The first kappa shape index (κ1) is 12.3. The lowest BCUT2D eigenvalue weighted by molar-refractivity contribution is -0.275. The Kier molecular flexibility index (Phi) is 3.58. The average molecular weight is 261 g/mol. The third kappa shape index (κ3) is 3.69. The summed E-state index contributed by atoms with van der Waals surface area (Å²) in [5, 5.41) is 0.0434. The van der Waals surface area contributed by atoms with E-state index in [1.165, 1.54) is 0 Å². The van der Waals surface area contributed by atoms with Gasteiger partial charge in [0.25, 0.3) is 0 Å². The molecule has 0 spiro atoms. The predicted molar refractivity (Wildman–Crippen MR) is 47.2 cm³/mol. The molecule has 0 bridgehead atoms. The molecule has 1 atom stereocenters. The van der Waals surface area contributed by atoms with Crippen molar-refractivity contribution in [3.05, 3.63) is 23.2 Å². The Morgan fingerprint density at radius 1 is 1.40 bits per heavy atom. The molecule has 0 saturated heterocycles. The molecular formula is C7H4ClF3O3S. The molecule has 1 aromatic rings. The molecule has 15 heavy (non-hydrogen) atoms. The third-order valence-electron chi connectivity index (χ3n) is 1.32. The van der Waals surface area contributed by atoms with Gasteiger partial charge in [-0.05, 0) is 18.2 Å². The number of rotatable bonds is 2. The fourth-order valence-corrected chi connectivity index (χ4v) is 1.57. The minimum atomic E-state index is -4.91. The summed E-state index contributed by atoms with van der Waals surface area (Å²) in [4.78, 5) is -0.528. The van der Waals surface area contributed by atoms with Crippen LogP contribution in [0.2, 0.25) is 5.02 Å². The van der Waals surface area contributed by atoms with E-state index in [0.717, 1.165) is 18.2 Å². The van der Waals surface area contributed by atoms with Crippen molar-refractivity contribution in [3.63, 3.8) is 0 Å². The van der Waals surface area contributed by atoms with Crippen molar-refractivity contribution in [3.8, 4) is 5.75 Å². The van der Waals surface area contributed by atoms with Gasteiger partial charge in [-0.2, -0.15) is 0 Å². The van der Waals surface area contributed by atoms with Crippen molar-refractivity contribution >= 4 is 22.7 Å². The zero-order valence-corrected chi connectivity index (χ0v) is 8.49. The zero-order valence-electron chi connectivity index (χ0n) is 6.92. The van der Waals surface area contributed by atoms with E-state index in [1.54, 1.807) is 0 Å². The fraction of sp³-hybridized carbons (Fsp3) is 0.143. The molecule has 0 saturated carbocycles. The van der Waals surface area contributed by atoms with Crippen LogP contribution < -0.4 is 4.74 Å². The maximum Gasteiger partial charge on any atom is 0.573 e. The van der Waals surface area contributed by atoms with Gasteiger partial charge in [-0.15, -0.1) is 13.2 Å². The highest BCUT2D eigenvalue weighted by molar-refractivity contribution is 7.79. The number of benzene rings is 1. The largest absolute Gasteiger partial charge is 0.573 e. The van der Waals surface area contributed by atoms with Crippen molar-refractivity contribution < 1.29 is 26.7 Å². The molecular weight excluding hydrogens is 257 g/mol. The Hall–Kier alpha value is -0.790. The molecule has 0 heterocycles. The summed E-state index contributed by atoms with van der Waals surface area (Å²) in [6, 6.07) is 2.93. The second-order valence-corrected chi connectivity index (χ2v) is 3.76. The first-order valence-corrected chi connectivity index (χ1v) is 4.94. The Morgan fingerprint density at radius 3 is 2.47 bits per heavy atom. The van der Waals surface area contributed by atoms with Gasteiger partial charge in [0.15, 0.2) is 11.1 Å². The van der Waals surface area contributed by atoms with Gasteiger partial charge < -0.3 is 9.29 Å². The first-order valence-electron chi connectivity index (χ1n) is 3.46. The van der Waals surface area contributed by atoms with Crippen LogP contribution in [0.1, 0.15) is 0 Å². The summed E-state index contributed by atoms with van der Waals surface area (Å²) < 4.78 is 58.4. The molecule has 0 amide bonds. The molecule has 0 aliphatic rings. The van der Waals surface area contributed by atoms with Gasteiger partial charge in [0.05, 0.1) is 0 Å². The summed E-state index contributed by atoms with van der Waals surface area (Å²) in [5.41, 5.74) is 0. The molecule has 0 fully saturated rings. The van der Waals surface area contributed by atoms with Crippen LogP contribution in [0.5, 0.6) is 5.75 Å². The Labute approximate surface area is 90.1 Å². The minimum absolute atomic E-state index is 0.0434. The molecule has 0 aliphatic carbocycles. The van der Waals surface area contributed by atoms with E-state index in [-0.39, 0.29) is 5.02 Å². The minimum Gasteiger partial charge on any atom is -0.404 e. The average Bonchev–Trinajstić information content (AvgIpc) is 2.05. The Morgan fingerprint density at radius 2 is 2.00 bits per heavy atom. The van der Waals surface area contributed by atoms with Crippen molar-refractivity contribution in [1.82, 2.24) is 0 Å². The molecule has 0 radical (unpaired) electrons. The van der Waals surface area contributed by atoms with Gasteiger partial charge in [0.1, 0.15) is 10.6 Å². The molecule has 0 aliphatic heterocycles. The quantitative estimate of drug-likeness (QED) is 0.832. The van der Waals surface area contributed by atoms with Crippen molar-refractivity contribution in [2.75, 3.05) is 0 Å². The van der Waals surface area contributed by atoms with Gasteiger partial charge in [-0.25, -0.2) is 4.21 Å². The van der Waals surface area contributed by atoms with Crippen molar-refractivity contribution in [2.24, 2.45) is 0 Å².